The first kappa shape index (κ1) is 21.3. The Labute approximate surface area is 166 Å². The van der Waals surface area contributed by atoms with Crippen molar-refractivity contribution in [2.45, 2.75) is 56.6 Å². The van der Waals surface area contributed by atoms with Crippen LogP contribution in [0.1, 0.15) is 50.9 Å². The van der Waals surface area contributed by atoms with Gasteiger partial charge in [-0.3, -0.25) is 0 Å². The smallest absolute Gasteiger partial charge is 0.191 e. The summed E-state index contributed by atoms with van der Waals surface area (Å²) >= 11 is 1.68. The first-order chi connectivity index (χ1) is 11.1. The van der Waals surface area contributed by atoms with E-state index in [0.29, 0.717) is 18.5 Å². The second-order valence-corrected chi connectivity index (χ2v) is 6.87. The number of guanidine groups is 1. The molecule has 1 aromatic heterocycles. The van der Waals surface area contributed by atoms with Gasteiger partial charge in [-0.15, -0.1) is 34.2 Å². The maximum atomic E-state index is 5.82. The van der Waals surface area contributed by atoms with Gasteiger partial charge >= 0.3 is 0 Å². The van der Waals surface area contributed by atoms with Crippen LogP contribution in [0.2, 0.25) is 0 Å². The summed E-state index contributed by atoms with van der Waals surface area (Å²) in [5.74, 6) is 1.58. The standard InChI is InChI=1S/C16H28N6S.HI/c1-12(2)11-19-15(17)18-10-6-9-14-20-21-16(23-3)22(14)13-7-4-5-8-13;/h13H,1,4-11H2,2-3H3,(H3,17,18,19);1H. The minimum absolute atomic E-state index is 0. The zero-order valence-corrected chi connectivity index (χ0v) is 17.8. The normalized spacial score (nSPS) is 15.3. The molecular weight excluding hydrogens is 435 g/mol. The van der Waals surface area contributed by atoms with Crippen molar-refractivity contribution < 1.29 is 0 Å². The lowest BCUT2D eigenvalue weighted by molar-refractivity contribution is 0.460. The number of aromatic nitrogens is 3. The van der Waals surface area contributed by atoms with Crippen LogP contribution in [0.25, 0.3) is 0 Å². The van der Waals surface area contributed by atoms with Gasteiger partial charge < -0.3 is 15.6 Å². The van der Waals surface area contributed by atoms with Gasteiger partial charge in [0.1, 0.15) is 5.82 Å². The number of hydrogen-bond acceptors (Lipinski definition) is 4. The summed E-state index contributed by atoms with van der Waals surface area (Å²) in [4.78, 5) is 4.21. The van der Waals surface area contributed by atoms with Gasteiger partial charge in [0.25, 0.3) is 0 Å². The highest BCUT2D eigenvalue weighted by molar-refractivity contribution is 14.0. The molecule has 2 rings (SSSR count). The molecule has 0 aliphatic heterocycles. The van der Waals surface area contributed by atoms with Crippen LogP contribution in [0.3, 0.4) is 0 Å². The summed E-state index contributed by atoms with van der Waals surface area (Å²) in [6.07, 6.45) is 9.06. The summed E-state index contributed by atoms with van der Waals surface area (Å²) in [6.45, 7) is 7.12. The van der Waals surface area contributed by atoms with Crippen LogP contribution in [-0.4, -0.2) is 40.1 Å². The van der Waals surface area contributed by atoms with E-state index in [4.69, 9.17) is 5.73 Å². The monoisotopic (exact) mass is 464 g/mol. The van der Waals surface area contributed by atoms with Gasteiger partial charge in [-0.25, -0.2) is 4.99 Å². The summed E-state index contributed by atoms with van der Waals surface area (Å²) in [6, 6.07) is 0.581. The Morgan fingerprint density at radius 3 is 2.75 bits per heavy atom. The lowest BCUT2D eigenvalue weighted by Gasteiger charge is -2.16. The van der Waals surface area contributed by atoms with Gasteiger partial charge in [0.2, 0.25) is 0 Å². The molecule has 0 saturated heterocycles. The molecule has 0 spiro atoms. The number of rotatable bonds is 8. The lowest BCUT2D eigenvalue weighted by atomic mass is 10.2. The van der Waals surface area contributed by atoms with Gasteiger partial charge in [-0.1, -0.05) is 36.8 Å². The topological polar surface area (TPSA) is 81.1 Å². The molecule has 8 heteroatoms. The third-order valence-corrected chi connectivity index (χ3v) is 4.65. The van der Waals surface area contributed by atoms with Crippen LogP contribution in [-0.2, 0) is 6.42 Å². The van der Waals surface area contributed by atoms with Gasteiger partial charge in [0.15, 0.2) is 11.1 Å². The molecule has 1 heterocycles. The van der Waals surface area contributed by atoms with E-state index >= 15 is 0 Å². The molecule has 1 saturated carbocycles. The van der Waals surface area contributed by atoms with Gasteiger partial charge in [-0.05, 0) is 32.4 Å². The Morgan fingerprint density at radius 1 is 1.42 bits per heavy atom. The third-order valence-electron chi connectivity index (χ3n) is 4.01. The fourth-order valence-electron chi connectivity index (χ4n) is 2.89. The molecule has 1 fully saturated rings. The van der Waals surface area contributed by atoms with Gasteiger partial charge in [0.05, 0.1) is 6.54 Å². The van der Waals surface area contributed by atoms with Crippen molar-refractivity contribution in [1.82, 2.24) is 20.1 Å². The Morgan fingerprint density at radius 2 is 2.12 bits per heavy atom. The molecule has 1 aromatic rings. The predicted octanol–water partition coefficient (Wildman–Crippen LogP) is 3.15. The van der Waals surface area contributed by atoms with Gasteiger partial charge in [-0.2, -0.15) is 0 Å². The van der Waals surface area contributed by atoms with Crippen LogP contribution in [0, 0.1) is 0 Å². The maximum absolute atomic E-state index is 5.82. The van der Waals surface area contributed by atoms with E-state index in [9.17, 15) is 0 Å². The fourth-order valence-corrected chi connectivity index (χ4v) is 3.46. The Hall–Kier alpha value is -0.770. The van der Waals surface area contributed by atoms with Crippen molar-refractivity contribution in [3.05, 3.63) is 18.0 Å². The largest absolute Gasteiger partial charge is 0.370 e. The van der Waals surface area contributed by atoms with Crippen molar-refractivity contribution >= 4 is 41.7 Å². The summed E-state index contributed by atoms with van der Waals surface area (Å²) in [7, 11) is 0. The van der Waals surface area contributed by atoms with E-state index in [-0.39, 0.29) is 24.0 Å². The highest BCUT2D eigenvalue weighted by Gasteiger charge is 2.23. The molecule has 1 aliphatic rings. The minimum Gasteiger partial charge on any atom is -0.370 e. The molecule has 0 aromatic carbocycles. The van der Waals surface area contributed by atoms with Crippen LogP contribution in [0.4, 0.5) is 0 Å². The Kier molecular flexibility index (Phi) is 9.72. The maximum Gasteiger partial charge on any atom is 0.191 e. The number of aliphatic imine (C=N–C) groups is 1. The van der Waals surface area contributed by atoms with Crippen molar-refractivity contribution in [1.29, 1.82) is 0 Å². The number of halogens is 1. The summed E-state index contributed by atoms with van der Waals surface area (Å²) in [5.41, 5.74) is 6.82. The van der Waals surface area contributed by atoms with Crippen molar-refractivity contribution in [2.75, 3.05) is 19.3 Å². The molecule has 3 N–H and O–H groups in total. The van der Waals surface area contributed by atoms with Gasteiger partial charge in [0, 0.05) is 19.0 Å². The quantitative estimate of drug-likeness (QED) is 0.154. The second-order valence-electron chi connectivity index (χ2n) is 6.10. The van der Waals surface area contributed by atoms with E-state index in [1.165, 1.54) is 25.7 Å². The zero-order chi connectivity index (χ0) is 16.7. The van der Waals surface area contributed by atoms with E-state index in [2.05, 4.69) is 37.9 Å². The van der Waals surface area contributed by atoms with Crippen molar-refractivity contribution in [3.63, 3.8) is 0 Å². The zero-order valence-electron chi connectivity index (χ0n) is 14.6. The highest BCUT2D eigenvalue weighted by Crippen LogP contribution is 2.33. The number of nitrogens with zero attached hydrogens (tertiary/aromatic N) is 4. The minimum atomic E-state index is 0. The van der Waals surface area contributed by atoms with Crippen LogP contribution in [0.5, 0.6) is 0 Å². The third kappa shape index (κ3) is 6.27. The molecule has 0 amide bonds. The Balaban J connectivity index is 0.00000288. The highest BCUT2D eigenvalue weighted by atomic mass is 127. The SMILES string of the molecule is C=C(C)CN=C(N)NCCCc1nnc(SC)n1C1CCCC1.I. The number of hydrogen-bond donors (Lipinski definition) is 2. The number of thioether (sulfide) groups is 1. The molecule has 24 heavy (non-hydrogen) atoms. The molecule has 0 unspecified atom stereocenters. The van der Waals surface area contributed by atoms with E-state index in [1.807, 2.05) is 6.92 Å². The average molecular weight is 464 g/mol. The van der Waals surface area contributed by atoms with E-state index < -0.39 is 0 Å². The first-order valence-corrected chi connectivity index (χ1v) is 9.50. The van der Waals surface area contributed by atoms with Crippen molar-refractivity contribution in [2.24, 2.45) is 10.7 Å². The molecule has 1 aliphatic carbocycles. The van der Waals surface area contributed by atoms with Crippen molar-refractivity contribution in [3.8, 4) is 0 Å². The van der Waals surface area contributed by atoms with E-state index in [0.717, 1.165) is 35.9 Å². The average Bonchev–Trinajstić information content (AvgIpc) is 3.17. The molecule has 0 atom stereocenters. The van der Waals surface area contributed by atoms with Crippen LogP contribution < -0.4 is 11.1 Å². The number of nitrogens with one attached hydrogen (secondary N) is 1. The van der Waals surface area contributed by atoms with Crippen LogP contribution >= 0.6 is 35.7 Å². The number of nitrogens with two attached hydrogens (primary N) is 1. The van der Waals surface area contributed by atoms with E-state index in [1.54, 1.807) is 11.8 Å². The second kappa shape index (κ2) is 11.0. The summed E-state index contributed by atoms with van der Waals surface area (Å²) in [5, 5.41) is 12.9. The molecular formula is C16H29IN6S. The molecule has 136 valence electrons. The molecule has 6 nitrogen and oxygen atoms in total. The van der Waals surface area contributed by atoms with Crippen LogP contribution in [0.15, 0.2) is 22.3 Å². The first-order valence-electron chi connectivity index (χ1n) is 8.27. The fraction of sp³-hybridized carbons (Fsp3) is 0.688. The lowest BCUT2D eigenvalue weighted by Crippen LogP contribution is -2.33. The molecule has 0 radical (unpaired) electrons. The summed E-state index contributed by atoms with van der Waals surface area (Å²) < 4.78 is 2.36. The predicted molar refractivity (Wildman–Crippen MR) is 112 cm³/mol. The molecule has 0 bridgehead atoms. The number of aryl methyl sites for hydroxylation is 1. The Bertz CT molecular complexity index is 551.